The number of carboxylic acids is 1. The molecule has 4 nitrogen and oxygen atoms in total. The standard InChI is InChI=1S/C5H8BrNO3/c1-4(2-6)7-10-3-5(8)9/h2,7H,3H2,1H3,(H,8,9). The highest BCUT2D eigenvalue weighted by Gasteiger charge is 1.94. The molecule has 0 aromatic carbocycles. The Kier molecular flexibility index (Phi) is 4.96. The number of aliphatic carboxylic acids is 1. The molecule has 0 rings (SSSR count). The molecule has 0 saturated carbocycles. The molecule has 0 bridgehead atoms. The monoisotopic (exact) mass is 209 g/mol. The maximum atomic E-state index is 9.87. The average molecular weight is 210 g/mol. The van der Waals surface area contributed by atoms with Gasteiger partial charge in [0.2, 0.25) is 0 Å². The zero-order valence-corrected chi connectivity index (χ0v) is 7.01. The first-order chi connectivity index (χ1) is 4.66. The van der Waals surface area contributed by atoms with Gasteiger partial charge in [-0.25, -0.2) is 4.79 Å². The van der Waals surface area contributed by atoms with Crippen molar-refractivity contribution < 1.29 is 14.7 Å². The third-order valence-electron chi connectivity index (χ3n) is 0.592. The van der Waals surface area contributed by atoms with Gasteiger partial charge in [-0.1, -0.05) is 15.9 Å². The van der Waals surface area contributed by atoms with Crippen molar-refractivity contribution >= 4 is 21.9 Å². The van der Waals surface area contributed by atoms with Crippen molar-refractivity contribution in [3.8, 4) is 0 Å². The lowest BCUT2D eigenvalue weighted by Crippen LogP contribution is -2.17. The fraction of sp³-hybridized carbons (Fsp3) is 0.400. The van der Waals surface area contributed by atoms with Crippen LogP contribution >= 0.6 is 15.9 Å². The van der Waals surface area contributed by atoms with Crippen molar-refractivity contribution in [1.29, 1.82) is 0 Å². The van der Waals surface area contributed by atoms with Crippen LogP contribution in [-0.2, 0) is 9.63 Å². The van der Waals surface area contributed by atoms with Gasteiger partial charge in [-0.05, 0) is 6.92 Å². The number of allylic oxidation sites excluding steroid dienone is 1. The minimum absolute atomic E-state index is 0.349. The molecule has 0 aliphatic heterocycles. The number of hydrogen-bond acceptors (Lipinski definition) is 3. The Morgan fingerprint density at radius 3 is 2.90 bits per heavy atom. The maximum absolute atomic E-state index is 9.87. The van der Waals surface area contributed by atoms with Crippen molar-refractivity contribution in [3.63, 3.8) is 0 Å². The quantitative estimate of drug-likeness (QED) is 0.675. The van der Waals surface area contributed by atoms with E-state index in [-0.39, 0.29) is 6.61 Å². The largest absolute Gasteiger partial charge is 0.479 e. The number of carbonyl (C=O) groups is 1. The first-order valence-electron chi connectivity index (χ1n) is 2.53. The van der Waals surface area contributed by atoms with E-state index in [9.17, 15) is 4.79 Å². The van der Waals surface area contributed by atoms with Crippen molar-refractivity contribution in [2.45, 2.75) is 6.92 Å². The molecule has 0 aromatic heterocycles. The van der Waals surface area contributed by atoms with Crippen LogP contribution in [0.5, 0.6) is 0 Å². The summed E-state index contributed by atoms with van der Waals surface area (Å²) < 4.78 is 0. The van der Waals surface area contributed by atoms with Crippen LogP contribution in [0, 0.1) is 0 Å². The van der Waals surface area contributed by atoms with Gasteiger partial charge >= 0.3 is 5.97 Å². The summed E-state index contributed by atoms with van der Waals surface area (Å²) >= 11 is 3.03. The van der Waals surface area contributed by atoms with Gasteiger partial charge in [0.15, 0.2) is 6.61 Å². The lowest BCUT2D eigenvalue weighted by Gasteiger charge is -2.02. The Balaban J connectivity index is 3.29. The zero-order valence-electron chi connectivity index (χ0n) is 5.43. The summed E-state index contributed by atoms with van der Waals surface area (Å²) in [4.78, 5) is 16.0. The predicted octanol–water partition coefficient (Wildman–Crippen LogP) is 0.848. The molecule has 0 fully saturated rings. The molecule has 0 aliphatic carbocycles. The fourth-order valence-electron chi connectivity index (χ4n) is 0.234. The number of rotatable bonds is 4. The van der Waals surface area contributed by atoms with E-state index in [2.05, 4.69) is 26.2 Å². The van der Waals surface area contributed by atoms with E-state index >= 15 is 0 Å². The van der Waals surface area contributed by atoms with E-state index in [1.165, 1.54) is 0 Å². The number of carboxylic acid groups (broad SMARTS) is 1. The molecule has 0 radical (unpaired) electrons. The lowest BCUT2D eigenvalue weighted by atomic mass is 10.6. The summed E-state index contributed by atoms with van der Waals surface area (Å²) in [5.74, 6) is -1.00. The number of nitrogens with one attached hydrogen (secondary N) is 1. The summed E-state index contributed by atoms with van der Waals surface area (Å²) in [5, 5.41) is 8.10. The van der Waals surface area contributed by atoms with Crippen molar-refractivity contribution in [2.75, 3.05) is 6.61 Å². The second kappa shape index (κ2) is 5.25. The van der Waals surface area contributed by atoms with Crippen LogP contribution in [0.25, 0.3) is 0 Å². The van der Waals surface area contributed by atoms with Gasteiger partial charge < -0.3 is 5.11 Å². The Hall–Kier alpha value is -0.550. The summed E-state index contributed by atoms with van der Waals surface area (Å²) in [6.07, 6.45) is 0. The van der Waals surface area contributed by atoms with Gasteiger partial charge in [0.1, 0.15) is 0 Å². The van der Waals surface area contributed by atoms with Crippen LogP contribution in [0.15, 0.2) is 10.7 Å². The Labute approximate surface area is 67.0 Å². The third kappa shape index (κ3) is 5.58. The minimum atomic E-state index is -1.00. The van der Waals surface area contributed by atoms with Crippen LogP contribution in [0.2, 0.25) is 0 Å². The van der Waals surface area contributed by atoms with E-state index in [1.807, 2.05) is 0 Å². The zero-order chi connectivity index (χ0) is 7.98. The van der Waals surface area contributed by atoms with E-state index < -0.39 is 5.97 Å². The molecule has 0 spiro atoms. The fourth-order valence-corrected chi connectivity index (χ4v) is 0.327. The van der Waals surface area contributed by atoms with Crippen molar-refractivity contribution in [1.82, 2.24) is 5.48 Å². The highest BCUT2D eigenvalue weighted by atomic mass is 79.9. The molecule has 58 valence electrons. The molecule has 0 heterocycles. The average Bonchev–Trinajstić information content (AvgIpc) is 1.87. The topological polar surface area (TPSA) is 58.6 Å². The predicted molar refractivity (Wildman–Crippen MR) is 39.4 cm³/mol. The van der Waals surface area contributed by atoms with Crippen LogP contribution in [0.3, 0.4) is 0 Å². The summed E-state index contributed by atoms with van der Waals surface area (Å²) in [6.45, 7) is 1.38. The molecule has 0 amide bonds. The second-order valence-corrected chi connectivity index (χ2v) is 2.03. The van der Waals surface area contributed by atoms with Crippen LogP contribution in [0.1, 0.15) is 6.92 Å². The van der Waals surface area contributed by atoms with E-state index in [0.29, 0.717) is 5.70 Å². The SMILES string of the molecule is CC(=CBr)NOCC(=O)O. The second-order valence-electron chi connectivity index (χ2n) is 1.58. The van der Waals surface area contributed by atoms with Crippen LogP contribution < -0.4 is 5.48 Å². The Morgan fingerprint density at radius 1 is 1.90 bits per heavy atom. The van der Waals surface area contributed by atoms with Gasteiger partial charge in [0, 0.05) is 10.7 Å². The summed E-state index contributed by atoms with van der Waals surface area (Å²) in [6, 6.07) is 0. The minimum Gasteiger partial charge on any atom is -0.479 e. The van der Waals surface area contributed by atoms with Gasteiger partial charge in [-0.2, -0.15) is 0 Å². The summed E-state index contributed by atoms with van der Waals surface area (Å²) in [5.41, 5.74) is 3.11. The molecule has 0 aromatic rings. The molecule has 0 aliphatic rings. The van der Waals surface area contributed by atoms with Crippen molar-refractivity contribution in [2.24, 2.45) is 0 Å². The number of hydrogen-bond donors (Lipinski definition) is 2. The first-order valence-corrected chi connectivity index (χ1v) is 3.45. The smallest absolute Gasteiger partial charge is 0.332 e. The molecule has 5 heteroatoms. The molecule has 2 N–H and O–H groups in total. The summed E-state index contributed by atoms with van der Waals surface area (Å²) in [7, 11) is 0. The van der Waals surface area contributed by atoms with Crippen molar-refractivity contribution in [3.05, 3.63) is 10.7 Å². The van der Waals surface area contributed by atoms with Gasteiger partial charge in [0.05, 0.1) is 0 Å². The van der Waals surface area contributed by atoms with E-state index in [0.717, 1.165) is 0 Å². The molecule has 10 heavy (non-hydrogen) atoms. The van der Waals surface area contributed by atoms with Gasteiger partial charge in [0.25, 0.3) is 0 Å². The Morgan fingerprint density at radius 2 is 2.50 bits per heavy atom. The molecular formula is C5H8BrNO3. The van der Waals surface area contributed by atoms with E-state index in [1.54, 1.807) is 11.9 Å². The van der Waals surface area contributed by atoms with Gasteiger partial charge in [-0.3, -0.25) is 10.3 Å². The highest BCUT2D eigenvalue weighted by Crippen LogP contribution is 1.90. The normalized spacial score (nSPS) is 11.2. The van der Waals surface area contributed by atoms with Crippen LogP contribution in [-0.4, -0.2) is 17.7 Å². The lowest BCUT2D eigenvalue weighted by molar-refractivity contribution is -0.144. The third-order valence-corrected chi connectivity index (χ3v) is 1.28. The molecule has 0 saturated heterocycles. The number of hydroxylamine groups is 1. The van der Waals surface area contributed by atoms with Gasteiger partial charge in [-0.15, -0.1) is 0 Å². The maximum Gasteiger partial charge on any atom is 0.332 e. The molecular weight excluding hydrogens is 202 g/mol. The first kappa shape index (κ1) is 9.45. The molecule has 0 unspecified atom stereocenters. The Bertz CT molecular complexity index is 146. The van der Waals surface area contributed by atoms with Crippen LogP contribution in [0.4, 0.5) is 0 Å². The van der Waals surface area contributed by atoms with E-state index in [4.69, 9.17) is 5.11 Å². The molecule has 0 atom stereocenters. The number of halogens is 1. The highest BCUT2D eigenvalue weighted by molar-refractivity contribution is 9.11.